The molecule has 26 heavy (non-hydrogen) atoms. The number of esters is 1. The Morgan fingerprint density at radius 2 is 2.00 bits per heavy atom. The smallest absolute Gasteiger partial charge is 0.302 e. The number of hydrogen-bond acceptors (Lipinski definition) is 4. The van der Waals surface area contributed by atoms with Crippen LogP contribution >= 0.6 is 11.3 Å². The molecule has 1 atom stereocenters. The van der Waals surface area contributed by atoms with Gasteiger partial charge in [0.15, 0.2) is 4.80 Å². The SMILES string of the molecule is CC(=O)OCCn1c(C2CCCCC2)csc1=NC(C)c1ccccc1. The van der Waals surface area contributed by atoms with Crippen LogP contribution in [0.4, 0.5) is 0 Å². The molecule has 0 saturated heterocycles. The molecule has 3 rings (SSSR count). The molecule has 1 aliphatic carbocycles. The predicted octanol–water partition coefficient (Wildman–Crippen LogP) is 4.82. The fourth-order valence-electron chi connectivity index (χ4n) is 3.64. The highest BCUT2D eigenvalue weighted by molar-refractivity contribution is 7.07. The maximum absolute atomic E-state index is 11.2. The van der Waals surface area contributed by atoms with Crippen molar-refractivity contribution in [3.8, 4) is 0 Å². The van der Waals surface area contributed by atoms with Crippen LogP contribution in [0.15, 0.2) is 40.7 Å². The summed E-state index contributed by atoms with van der Waals surface area (Å²) in [6.45, 7) is 4.67. The number of thiazole rings is 1. The van der Waals surface area contributed by atoms with Gasteiger partial charge < -0.3 is 9.30 Å². The van der Waals surface area contributed by atoms with E-state index in [1.54, 1.807) is 11.3 Å². The van der Waals surface area contributed by atoms with Crippen molar-refractivity contribution < 1.29 is 9.53 Å². The van der Waals surface area contributed by atoms with Crippen LogP contribution in [0, 0.1) is 0 Å². The first-order valence-corrected chi connectivity index (χ1v) is 10.4. The van der Waals surface area contributed by atoms with E-state index in [1.165, 1.54) is 50.3 Å². The molecule has 1 aromatic carbocycles. The van der Waals surface area contributed by atoms with Gasteiger partial charge in [0.1, 0.15) is 6.61 Å². The molecule has 2 aromatic rings. The standard InChI is InChI=1S/C21H28N2O2S/c1-16(18-9-5-3-6-10-18)22-21-23(13-14-25-17(2)24)20(15-26-21)19-11-7-4-8-12-19/h3,5-6,9-10,15-16,19H,4,7-8,11-14H2,1-2H3. The molecular formula is C21H28N2O2S. The third-order valence-electron chi connectivity index (χ3n) is 5.06. The Hall–Kier alpha value is -1.88. The van der Waals surface area contributed by atoms with Crippen LogP contribution in [0.1, 0.15) is 69.2 Å². The van der Waals surface area contributed by atoms with E-state index in [1.807, 2.05) is 6.07 Å². The summed E-state index contributed by atoms with van der Waals surface area (Å²) < 4.78 is 7.49. The monoisotopic (exact) mass is 372 g/mol. The first-order chi connectivity index (χ1) is 12.6. The van der Waals surface area contributed by atoms with E-state index < -0.39 is 0 Å². The number of carbonyl (C=O) groups is 1. The normalized spacial score (nSPS) is 17.2. The summed E-state index contributed by atoms with van der Waals surface area (Å²) in [5.41, 5.74) is 2.58. The topological polar surface area (TPSA) is 43.6 Å². The van der Waals surface area contributed by atoms with Gasteiger partial charge in [-0.25, -0.2) is 0 Å². The zero-order chi connectivity index (χ0) is 18.4. The fraction of sp³-hybridized carbons (Fsp3) is 0.524. The molecule has 0 N–H and O–H groups in total. The molecule has 0 spiro atoms. The highest BCUT2D eigenvalue weighted by atomic mass is 32.1. The Bertz CT molecular complexity index is 773. The lowest BCUT2D eigenvalue weighted by Crippen LogP contribution is -2.24. The summed E-state index contributed by atoms with van der Waals surface area (Å²) in [6, 6.07) is 10.5. The maximum Gasteiger partial charge on any atom is 0.302 e. The first kappa shape index (κ1) is 18.9. The predicted molar refractivity (Wildman–Crippen MR) is 105 cm³/mol. The van der Waals surface area contributed by atoms with Gasteiger partial charge in [-0.05, 0) is 25.3 Å². The van der Waals surface area contributed by atoms with Gasteiger partial charge in [-0.1, -0.05) is 49.6 Å². The molecule has 1 heterocycles. The summed E-state index contributed by atoms with van der Waals surface area (Å²) >= 11 is 1.71. The molecule has 0 aliphatic heterocycles. The summed E-state index contributed by atoms with van der Waals surface area (Å²) in [5.74, 6) is 0.379. The third-order valence-corrected chi connectivity index (χ3v) is 5.95. The minimum Gasteiger partial charge on any atom is -0.464 e. The molecule has 4 nitrogen and oxygen atoms in total. The third kappa shape index (κ3) is 4.85. The van der Waals surface area contributed by atoms with E-state index in [0.717, 1.165) is 4.80 Å². The van der Waals surface area contributed by atoms with Gasteiger partial charge in [0.2, 0.25) is 0 Å². The number of aromatic nitrogens is 1. The lowest BCUT2D eigenvalue weighted by atomic mass is 9.87. The van der Waals surface area contributed by atoms with Gasteiger partial charge in [-0.3, -0.25) is 9.79 Å². The highest BCUT2D eigenvalue weighted by Crippen LogP contribution is 2.33. The number of rotatable bonds is 6. The second-order valence-electron chi connectivity index (χ2n) is 6.99. The van der Waals surface area contributed by atoms with Crippen LogP contribution in [0.2, 0.25) is 0 Å². The number of carbonyl (C=O) groups excluding carboxylic acids is 1. The van der Waals surface area contributed by atoms with Crippen molar-refractivity contribution in [1.82, 2.24) is 4.57 Å². The molecule has 1 fully saturated rings. The molecule has 1 unspecified atom stereocenters. The number of hydrogen-bond donors (Lipinski definition) is 0. The molecular weight excluding hydrogens is 344 g/mol. The van der Waals surface area contributed by atoms with Crippen molar-refractivity contribution >= 4 is 17.3 Å². The number of ether oxygens (including phenoxy) is 1. The van der Waals surface area contributed by atoms with Gasteiger partial charge in [0, 0.05) is 23.9 Å². The zero-order valence-corrected chi connectivity index (χ0v) is 16.5. The van der Waals surface area contributed by atoms with Gasteiger partial charge >= 0.3 is 5.97 Å². The van der Waals surface area contributed by atoms with Crippen LogP contribution in [-0.4, -0.2) is 17.1 Å². The minimum absolute atomic E-state index is 0.106. The molecule has 1 aromatic heterocycles. The molecule has 0 radical (unpaired) electrons. The lowest BCUT2D eigenvalue weighted by Gasteiger charge is -2.23. The van der Waals surface area contributed by atoms with E-state index in [4.69, 9.17) is 9.73 Å². The van der Waals surface area contributed by atoms with E-state index in [9.17, 15) is 4.79 Å². The van der Waals surface area contributed by atoms with Crippen molar-refractivity contribution in [2.24, 2.45) is 4.99 Å². The zero-order valence-electron chi connectivity index (χ0n) is 15.7. The molecule has 1 saturated carbocycles. The fourth-order valence-corrected chi connectivity index (χ4v) is 4.73. The highest BCUT2D eigenvalue weighted by Gasteiger charge is 2.20. The molecule has 0 bridgehead atoms. The summed E-state index contributed by atoms with van der Waals surface area (Å²) in [6.07, 6.45) is 6.45. The van der Waals surface area contributed by atoms with Crippen LogP contribution in [0.5, 0.6) is 0 Å². The first-order valence-electron chi connectivity index (χ1n) is 9.55. The average Bonchev–Trinajstić information content (AvgIpc) is 3.05. The van der Waals surface area contributed by atoms with Gasteiger partial charge in [-0.15, -0.1) is 11.3 Å². The van der Waals surface area contributed by atoms with Gasteiger partial charge in [0.25, 0.3) is 0 Å². The molecule has 140 valence electrons. The summed E-state index contributed by atoms with van der Waals surface area (Å²) in [5, 5.41) is 2.26. The van der Waals surface area contributed by atoms with Crippen LogP contribution in [-0.2, 0) is 16.1 Å². The van der Waals surface area contributed by atoms with Crippen molar-refractivity contribution in [1.29, 1.82) is 0 Å². The van der Waals surface area contributed by atoms with E-state index in [2.05, 4.69) is 41.1 Å². The number of nitrogens with zero attached hydrogens (tertiary/aromatic N) is 2. The van der Waals surface area contributed by atoms with Gasteiger partial charge in [0.05, 0.1) is 12.6 Å². The minimum atomic E-state index is -0.226. The Labute approximate surface area is 159 Å². The van der Waals surface area contributed by atoms with Crippen molar-refractivity contribution in [3.63, 3.8) is 0 Å². The summed E-state index contributed by atoms with van der Waals surface area (Å²) in [7, 11) is 0. The molecule has 0 amide bonds. The molecule has 5 heteroatoms. The Morgan fingerprint density at radius 1 is 1.27 bits per heavy atom. The molecule has 1 aliphatic rings. The van der Waals surface area contributed by atoms with Crippen LogP contribution in [0.3, 0.4) is 0 Å². The van der Waals surface area contributed by atoms with Crippen molar-refractivity contribution in [2.75, 3.05) is 6.61 Å². The quantitative estimate of drug-likeness (QED) is 0.682. The average molecular weight is 373 g/mol. The number of benzene rings is 1. The Kier molecular flexibility index (Phi) is 6.67. The second kappa shape index (κ2) is 9.17. The second-order valence-corrected chi connectivity index (χ2v) is 7.82. The summed E-state index contributed by atoms with van der Waals surface area (Å²) in [4.78, 5) is 17.2. The van der Waals surface area contributed by atoms with Crippen molar-refractivity contribution in [3.05, 3.63) is 51.8 Å². The van der Waals surface area contributed by atoms with E-state index in [-0.39, 0.29) is 12.0 Å². The van der Waals surface area contributed by atoms with E-state index >= 15 is 0 Å². The Balaban J connectivity index is 1.89. The van der Waals surface area contributed by atoms with Gasteiger partial charge in [-0.2, -0.15) is 0 Å². The van der Waals surface area contributed by atoms with E-state index in [0.29, 0.717) is 19.1 Å². The van der Waals surface area contributed by atoms with Crippen LogP contribution < -0.4 is 4.80 Å². The maximum atomic E-state index is 11.2. The lowest BCUT2D eigenvalue weighted by molar-refractivity contribution is -0.141. The Morgan fingerprint density at radius 3 is 2.69 bits per heavy atom. The van der Waals surface area contributed by atoms with Crippen LogP contribution in [0.25, 0.3) is 0 Å². The van der Waals surface area contributed by atoms with Crippen molar-refractivity contribution in [2.45, 2.75) is 64.5 Å². The largest absolute Gasteiger partial charge is 0.464 e.